The van der Waals surface area contributed by atoms with Gasteiger partial charge in [0.15, 0.2) is 0 Å². The van der Waals surface area contributed by atoms with Crippen molar-refractivity contribution < 1.29 is 38.7 Å². The molecule has 0 saturated carbocycles. The molecule has 2 N–H and O–H groups in total. The predicted octanol–water partition coefficient (Wildman–Crippen LogP) is 5.28. The monoisotopic (exact) mass is 601 g/mol. The molecule has 3 unspecified atom stereocenters. The van der Waals surface area contributed by atoms with Gasteiger partial charge < -0.3 is 34.1 Å². The lowest BCUT2D eigenvalue weighted by molar-refractivity contribution is -0.243. The number of hydrogen-bond acceptors (Lipinski definition) is 8. The van der Waals surface area contributed by atoms with E-state index in [0.717, 1.165) is 25.8 Å². The summed E-state index contributed by atoms with van der Waals surface area (Å²) < 4.78 is 25.0. The number of amides is 1. The van der Waals surface area contributed by atoms with Crippen molar-refractivity contribution in [3.63, 3.8) is 0 Å². The molecular formula is C33H63NO8. The van der Waals surface area contributed by atoms with Gasteiger partial charge in [-0.1, -0.05) is 34.1 Å². The minimum absolute atomic E-state index is 0.0304. The Hall–Kier alpha value is -1.26. The van der Waals surface area contributed by atoms with E-state index in [1.807, 2.05) is 53.4 Å². The van der Waals surface area contributed by atoms with Crippen LogP contribution in [0.15, 0.2) is 0 Å². The Kier molecular flexibility index (Phi) is 14.9. The molecule has 9 heteroatoms. The van der Waals surface area contributed by atoms with Crippen molar-refractivity contribution in [3.05, 3.63) is 0 Å². The molecule has 0 aromatic rings. The van der Waals surface area contributed by atoms with Gasteiger partial charge in [-0.05, 0) is 73.6 Å². The molecule has 3 atom stereocenters. The minimum atomic E-state index is -1.02. The summed E-state index contributed by atoms with van der Waals surface area (Å²) in [6.07, 6.45) is 4.81. The molecule has 1 saturated heterocycles. The van der Waals surface area contributed by atoms with E-state index in [1.54, 1.807) is 0 Å². The molecular weight excluding hydrogens is 538 g/mol. The van der Waals surface area contributed by atoms with Gasteiger partial charge in [-0.15, -0.1) is 0 Å². The third kappa shape index (κ3) is 11.0. The fourth-order valence-electron chi connectivity index (χ4n) is 6.25. The van der Waals surface area contributed by atoms with Gasteiger partial charge in [-0.3, -0.25) is 9.59 Å². The van der Waals surface area contributed by atoms with E-state index in [1.165, 1.54) is 6.92 Å². The van der Waals surface area contributed by atoms with Crippen LogP contribution >= 0.6 is 0 Å². The summed E-state index contributed by atoms with van der Waals surface area (Å²) in [6.45, 7) is 23.2. The Morgan fingerprint density at radius 3 is 2.12 bits per heavy atom. The second kappa shape index (κ2) is 16.2. The van der Waals surface area contributed by atoms with E-state index >= 15 is 0 Å². The molecule has 1 aliphatic heterocycles. The maximum Gasteiger partial charge on any atom is 0.303 e. The molecule has 0 radical (unpaired) electrons. The largest absolute Gasteiger partial charge is 0.458 e. The van der Waals surface area contributed by atoms with Crippen molar-refractivity contribution in [2.75, 3.05) is 39.6 Å². The molecule has 1 aliphatic rings. The van der Waals surface area contributed by atoms with Crippen LogP contribution in [0.3, 0.4) is 0 Å². The third-order valence-electron chi connectivity index (χ3n) is 9.50. The minimum Gasteiger partial charge on any atom is -0.458 e. The molecule has 1 amide bonds. The Labute approximate surface area is 256 Å². The number of rotatable bonds is 19. The van der Waals surface area contributed by atoms with Crippen LogP contribution in [0.4, 0.5) is 0 Å². The SMILES string of the molecule is CC(=O)OC(C)(C(C)(C)CC(C)N1CCCCCC1=O)C(C)(C)C(COCCO)OC(C)(C)CCOC(C)(C)CCO. The van der Waals surface area contributed by atoms with Crippen LogP contribution in [0.5, 0.6) is 0 Å². The van der Waals surface area contributed by atoms with E-state index in [-0.39, 0.29) is 44.3 Å². The first kappa shape index (κ1) is 38.8. The number of esters is 1. The molecule has 42 heavy (non-hydrogen) atoms. The fourth-order valence-corrected chi connectivity index (χ4v) is 6.25. The van der Waals surface area contributed by atoms with Crippen LogP contribution in [0, 0.1) is 10.8 Å². The van der Waals surface area contributed by atoms with Crippen LogP contribution in [-0.4, -0.2) is 95.5 Å². The lowest BCUT2D eigenvalue weighted by atomic mass is 9.57. The van der Waals surface area contributed by atoms with Crippen LogP contribution in [0.1, 0.15) is 121 Å². The third-order valence-corrected chi connectivity index (χ3v) is 9.50. The van der Waals surface area contributed by atoms with E-state index in [4.69, 9.17) is 18.9 Å². The number of carbonyl (C=O) groups excluding carboxylic acids is 2. The maximum absolute atomic E-state index is 12.9. The first-order valence-corrected chi connectivity index (χ1v) is 15.9. The Morgan fingerprint density at radius 2 is 1.55 bits per heavy atom. The molecule has 0 aromatic carbocycles. The molecule has 1 heterocycles. The predicted molar refractivity (Wildman–Crippen MR) is 165 cm³/mol. The molecule has 0 spiro atoms. The molecule has 0 aromatic heterocycles. The summed E-state index contributed by atoms with van der Waals surface area (Å²) in [5.41, 5.74) is -3.40. The van der Waals surface area contributed by atoms with Crippen LogP contribution in [0.2, 0.25) is 0 Å². The normalized spacial score (nSPS) is 18.8. The highest BCUT2D eigenvalue weighted by Crippen LogP contribution is 2.53. The Morgan fingerprint density at radius 1 is 0.905 bits per heavy atom. The van der Waals surface area contributed by atoms with Crippen molar-refractivity contribution in [2.24, 2.45) is 10.8 Å². The van der Waals surface area contributed by atoms with Gasteiger partial charge in [0.2, 0.25) is 5.91 Å². The van der Waals surface area contributed by atoms with Gasteiger partial charge in [0.1, 0.15) is 5.60 Å². The second-order valence-corrected chi connectivity index (χ2v) is 14.7. The molecule has 9 nitrogen and oxygen atoms in total. The van der Waals surface area contributed by atoms with Crippen LogP contribution in [-0.2, 0) is 28.5 Å². The number of likely N-dealkylation sites (tertiary alicyclic amines) is 1. The summed E-state index contributed by atoms with van der Waals surface area (Å²) >= 11 is 0. The lowest BCUT2D eigenvalue weighted by Gasteiger charge is -2.56. The summed E-state index contributed by atoms with van der Waals surface area (Å²) in [7, 11) is 0. The summed E-state index contributed by atoms with van der Waals surface area (Å²) in [5.74, 6) is -0.194. The smallest absolute Gasteiger partial charge is 0.303 e. The topological polar surface area (TPSA) is 115 Å². The molecule has 1 fully saturated rings. The zero-order valence-electron chi connectivity index (χ0n) is 28.6. The number of aliphatic hydroxyl groups is 2. The Bertz CT molecular complexity index is 840. The molecule has 248 valence electrons. The van der Waals surface area contributed by atoms with Crippen molar-refractivity contribution in [1.29, 1.82) is 0 Å². The standard InChI is InChI=1S/C33H63NO8/c1-25(34-18-14-12-13-15-28(34)38)23-29(3,4)33(11,41-26(2)37)32(9,10)27(24-39-22-20-36)42-31(7,8)17-21-40-30(5,6)16-19-35/h25,27,35-36H,12-24H2,1-11H3. The summed E-state index contributed by atoms with van der Waals surface area (Å²) in [4.78, 5) is 27.6. The van der Waals surface area contributed by atoms with Crippen LogP contribution in [0.25, 0.3) is 0 Å². The second-order valence-electron chi connectivity index (χ2n) is 14.7. The van der Waals surface area contributed by atoms with Crippen molar-refractivity contribution >= 4 is 11.9 Å². The summed E-state index contributed by atoms with van der Waals surface area (Å²) in [5, 5.41) is 18.8. The maximum atomic E-state index is 12.9. The van der Waals surface area contributed by atoms with E-state index in [2.05, 4.69) is 20.8 Å². The number of aliphatic hydroxyl groups excluding tert-OH is 2. The highest BCUT2D eigenvalue weighted by Gasteiger charge is 2.59. The zero-order chi connectivity index (χ0) is 32.4. The van der Waals surface area contributed by atoms with E-state index < -0.39 is 33.7 Å². The molecule has 1 rings (SSSR count). The highest BCUT2D eigenvalue weighted by atomic mass is 16.6. The van der Waals surface area contributed by atoms with Crippen molar-refractivity contribution in [2.45, 2.75) is 150 Å². The van der Waals surface area contributed by atoms with Gasteiger partial charge in [0, 0.05) is 43.4 Å². The number of ether oxygens (including phenoxy) is 4. The summed E-state index contributed by atoms with van der Waals surface area (Å²) in [6, 6.07) is -0.0304. The zero-order valence-corrected chi connectivity index (χ0v) is 28.6. The van der Waals surface area contributed by atoms with E-state index in [9.17, 15) is 19.8 Å². The molecule has 0 aliphatic carbocycles. The number of carbonyl (C=O) groups is 2. The number of hydrogen-bond donors (Lipinski definition) is 2. The Balaban J connectivity index is 3.35. The fraction of sp³-hybridized carbons (Fsp3) is 0.939. The lowest BCUT2D eigenvalue weighted by Crippen LogP contribution is -2.63. The first-order valence-electron chi connectivity index (χ1n) is 15.9. The highest BCUT2D eigenvalue weighted by molar-refractivity contribution is 5.76. The van der Waals surface area contributed by atoms with Gasteiger partial charge >= 0.3 is 5.97 Å². The van der Waals surface area contributed by atoms with Crippen molar-refractivity contribution in [1.82, 2.24) is 4.90 Å². The quantitative estimate of drug-likeness (QED) is 0.152. The first-order chi connectivity index (χ1) is 19.2. The van der Waals surface area contributed by atoms with Crippen LogP contribution < -0.4 is 0 Å². The average molecular weight is 602 g/mol. The average Bonchev–Trinajstić information content (AvgIpc) is 3.06. The number of nitrogens with zero attached hydrogens (tertiary/aromatic N) is 1. The van der Waals surface area contributed by atoms with E-state index in [0.29, 0.717) is 32.3 Å². The van der Waals surface area contributed by atoms with Crippen molar-refractivity contribution in [3.8, 4) is 0 Å². The van der Waals surface area contributed by atoms with Gasteiger partial charge in [-0.25, -0.2) is 0 Å². The van der Waals surface area contributed by atoms with Gasteiger partial charge in [0.05, 0.1) is 43.7 Å². The van der Waals surface area contributed by atoms with Gasteiger partial charge in [-0.2, -0.15) is 0 Å². The van der Waals surface area contributed by atoms with Gasteiger partial charge in [0.25, 0.3) is 0 Å². The molecule has 0 bridgehead atoms.